The van der Waals surface area contributed by atoms with Gasteiger partial charge in [0.05, 0.1) is 7.11 Å². The summed E-state index contributed by atoms with van der Waals surface area (Å²) >= 11 is 0. The van der Waals surface area contributed by atoms with Gasteiger partial charge in [-0.05, 0) is 30.9 Å². The summed E-state index contributed by atoms with van der Waals surface area (Å²) in [5.41, 5.74) is 6.39. The molecule has 0 spiro atoms. The van der Waals surface area contributed by atoms with Gasteiger partial charge in [-0.15, -0.1) is 5.10 Å². The monoisotopic (exact) mass is 261 g/mol. The second kappa shape index (κ2) is 4.60. The lowest BCUT2D eigenvalue weighted by Gasteiger charge is -2.32. The molecule has 0 saturated carbocycles. The Hall–Kier alpha value is -1.98. The van der Waals surface area contributed by atoms with Gasteiger partial charge in [0, 0.05) is 13.1 Å². The van der Waals surface area contributed by atoms with Crippen LogP contribution in [0.25, 0.3) is 5.65 Å². The molecular formula is C13H19N5O. The van der Waals surface area contributed by atoms with Gasteiger partial charge in [-0.3, -0.25) is 0 Å². The number of methoxy groups -OCH3 is 1. The summed E-state index contributed by atoms with van der Waals surface area (Å²) in [7, 11) is 1.63. The van der Waals surface area contributed by atoms with Crippen molar-refractivity contribution in [3.63, 3.8) is 0 Å². The Morgan fingerprint density at radius 3 is 2.74 bits per heavy atom. The van der Waals surface area contributed by atoms with Gasteiger partial charge in [0.15, 0.2) is 5.75 Å². The van der Waals surface area contributed by atoms with E-state index in [0.29, 0.717) is 11.4 Å². The van der Waals surface area contributed by atoms with Crippen molar-refractivity contribution in [2.75, 3.05) is 30.8 Å². The van der Waals surface area contributed by atoms with Crippen molar-refractivity contribution in [1.29, 1.82) is 0 Å². The molecule has 0 aromatic carbocycles. The predicted octanol–water partition coefficient (Wildman–Crippen LogP) is 1.56. The van der Waals surface area contributed by atoms with Crippen LogP contribution in [0.4, 0.5) is 11.8 Å². The van der Waals surface area contributed by atoms with E-state index in [2.05, 4.69) is 21.9 Å². The standard InChI is InChI=1S/C13H19N5O/c1-9-5-7-17(8-6-9)11-4-3-10(19-2)12-15-13(14)16-18(11)12/h3-4,9H,5-8H2,1-2H3,(H2,14,16). The summed E-state index contributed by atoms with van der Waals surface area (Å²) in [5, 5.41) is 4.28. The third kappa shape index (κ3) is 2.07. The van der Waals surface area contributed by atoms with Crippen LogP contribution in [0.3, 0.4) is 0 Å². The van der Waals surface area contributed by atoms with Crippen LogP contribution in [0.1, 0.15) is 19.8 Å². The van der Waals surface area contributed by atoms with Gasteiger partial charge >= 0.3 is 0 Å². The lowest BCUT2D eigenvalue weighted by atomic mass is 9.99. The molecule has 0 atom stereocenters. The van der Waals surface area contributed by atoms with E-state index < -0.39 is 0 Å². The highest BCUT2D eigenvalue weighted by atomic mass is 16.5. The van der Waals surface area contributed by atoms with Gasteiger partial charge in [-0.25, -0.2) is 0 Å². The van der Waals surface area contributed by atoms with E-state index in [9.17, 15) is 0 Å². The fourth-order valence-corrected chi connectivity index (χ4v) is 2.58. The molecule has 0 radical (unpaired) electrons. The van der Waals surface area contributed by atoms with Crippen molar-refractivity contribution in [3.8, 4) is 5.75 Å². The molecule has 3 rings (SSSR count). The van der Waals surface area contributed by atoms with Crippen molar-refractivity contribution >= 4 is 17.4 Å². The van der Waals surface area contributed by atoms with Crippen LogP contribution in [0.15, 0.2) is 12.1 Å². The summed E-state index contributed by atoms with van der Waals surface area (Å²) in [6.07, 6.45) is 2.41. The fourth-order valence-electron chi connectivity index (χ4n) is 2.58. The highest BCUT2D eigenvalue weighted by Crippen LogP contribution is 2.27. The molecule has 1 saturated heterocycles. The summed E-state index contributed by atoms with van der Waals surface area (Å²) in [4.78, 5) is 6.57. The lowest BCUT2D eigenvalue weighted by molar-refractivity contribution is 0.415. The quantitative estimate of drug-likeness (QED) is 0.888. The van der Waals surface area contributed by atoms with Crippen LogP contribution in [0.2, 0.25) is 0 Å². The third-order valence-corrected chi connectivity index (χ3v) is 3.77. The highest BCUT2D eigenvalue weighted by molar-refractivity contribution is 5.61. The summed E-state index contributed by atoms with van der Waals surface area (Å²) in [6.45, 7) is 4.39. The lowest BCUT2D eigenvalue weighted by Crippen LogP contribution is -2.34. The zero-order valence-corrected chi connectivity index (χ0v) is 11.3. The number of anilines is 2. The zero-order valence-electron chi connectivity index (χ0n) is 11.3. The minimum atomic E-state index is 0.274. The number of hydrogen-bond donors (Lipinski definition) is 1. The van der Waals surface area contributed by atoms with Crippen LogP contribution in [0, 0.1) is 5.92 Å². The molecule has 0 unspecified atom stereocenters. The number of nitrogens with zero attached hydrogens (tertiary/aromatic N) is 4. The Morgan fingerprint density at radius 1 is 1.32 bits per heavy atom. The second-order valence-electron chi connectivity index (χ2n) is 5.13. The van der Waals surface area contributed by atoms with Crippen molar-refractivity contribution in [2.45, 2.75) is 19.8 Å². The van der Waals surface area contributed by atoms with E-state index in [-0.39, 0.29) is 5.95 Å². The number of aromatic nitrogens is 3. The maximum Gasteiger partial charge on any atom is 0.240 e. The van der Waals surface area contributed by atoms with Crippen molar-refractivity contribution in [1.82, 2.24) is 14.6 Å². The Labute approximate surface area is 112 Å². The van der Waals surface area contributed by atoms with Crippen LogP contribution in [0.5, 0.6) is 5.75 Å². The molecule has 6 nitrogen and oxygen atoms in total. The second-order valence-corrected chi connectivity index (χ2v) is 5.13. The molecule has 2 aromatic rings. The topological polar surface area (TPSA) is 68.7 Å². The predicted molar refractivity (Wildman–Crippen MR) is 74.6 cm³/mol. The molecule has 1 aliphatic heterocycles. The fraction of sp³-hybridized carbons (Fsp3) is 0.538. The molecule has 0 aliphatic carbocycles. The normalized spacial score (nSPS) is 17.1. The average Bonchev–Trinajstić information content (AvgIpc) is 2.80. The van der Waals surface area contributed by atoms with Crippen LogP contribution < -0.4 is 15.4 Å². The Morgan fingerprint density at radius 2 is 2.05 bits per heavy atom. The van der Waals surface area contributed by atoms with Crippen molar-refractivity contribution < 1.29 is 4.74 Å². The molecule has 1 aliphatic rings. The van der Waals surface area contributed by atoms with Crippen LogP contribution in [-0.4, -0.2) is 34.8 Å². The summed E-state index contributed by atoms with van der Waals surface area (Å²) in [6, 6.07) is 3.95. The molecule has 1 fully saturated rings. The first kappa shape index (κ1) is 12.1. The van der Waals surface area contributed by atoms with Crippen molar-refractivity contribution in [3.05, 3.63) is 12.1 Å². The van der Waals surface area contributed by atoms with Gasteiger partial charge < -0.3 is 15.4 Å². The molecule has 102 valence electrons. The Bertz CT molecular complexity index is 586. The van der Waals surface area contributed by atoms with Gasteiger partial charge in [-0.2, -0.15) is 9.50 Å². The number of nitrogens with two attached hydrogens (primary N) is 1. The van der Waals surface area contributed by atoms with Gasteiger partial charge in [0.1, 0.15) is 5.82 Å². The number of ether oxygens (including phenoxy) is 1. The van der Waals surface area contributed by atoms with Crippen LogP contribution >= 0.6 is 0 Å². The third-order valence-electron chi connectivity index (χ3n) is 3.77. The molecule has 3 heterocycles. The summed E-state index contributed by atoms with van der Waals surface area (Å²) < 4.78 is 7.08. The number of hydrogen-bond acceptors (Lipinski definition) is 5. The number of fused-ring (bicyclic) bond motifs is 1. The van der Waals surface area contributed by atoms with Gasteiger partial charge in [-0.1, -0.05) is 6.92 Å². The number of rotatable bonds is 2. The number of pyridine rings is 1. The molecule has 0 bridgehead atoms. The molecule has 19 heavy (non-hydrogen) atoms. The maximum atomic E-state index is 5.72. The van der Waals surface area contributed by atoms with Crippen LogP contribution in [-0.2, 0) is 0 Å². The largest absolute Gasteiger partial charge is 0.493 e. The molecule has 2 aromatic heterocycles. The first-order chi connectivity index (χ1) is 9.19. The van der Waals surface area contributed by atoms with E-state index in [1.165, 1.54) is 12.8 Å². The Balaban J connectivity index is 2.04. The first-order valence-electron chi connectivity index (χ1n) is 6.63. The maximum absolute atomic E-state index is 5.72. The van der Waals surface area contributed by atoms with Crippen molar-refractivity contribution in [2.24, 2.45) is 5.92 Å². The van der Waals surface area contributed by atoms with E-state index >= 15 is 0 Å². The smallest absolute Gasteiger partial charge is 0.240 e. The highest BCUT2D eigenvalue weighted by Gasteiger charge is 2.20. The first-order valence-corrected chi connectivity index (χ1v) is 6.63. The minimum Gasteiger partial charge on any atom is -0.493 e. The molecule has 6 heteroatoms. The minimum absolute atomic E-state index is 0.274. The SMILES string of the molecule is COc1ccc(N2CCC(C)CC2)n2nc(N)nc12. The Kier molecular flexibility index (Phi) is 2.93. The number of piperidine rings is 1. The van der Waals surface area contributed by atoms with E-state index in [1.54, 1.807) is 11.6 Å². The van der Waals surface area contributed by atoms with Gasteiger partial charge in [0.25, 0.3) is 0 Å². The van der Waals surface area contributed by atoms with Gasteiger partial charge in [0.2, 0.25) is 11.6 Å². The molecule has 2 N–H and O–H groups in total. The zero-order chi connectivity index (χ0) is 13.4. The molecular weight excluding hydrogens is 242 g/mol. The average molecular weight is 261 g/mol. The molecule has 0 amide bonds. The number of nitrogen functional groups attached to an aromatic ring is 1. The van der Waals surface area contributed by atoms with E-state index in [1.807, 2.05) is 12.1 Å². The summed E-state index contributed by atoms with van der Waals surface area (Å²) in [5.74, 6) is 2.80. The van der Waals surface area contributed by atoms with E-state index in [0.717, 1.165) is 24.8 Å². The van der Waals surface area contributed by atoms with E-state index in [4.69, 9.17) is 10.5 Å².